The molecule has 0 aromatic carbocycles. The third-order valence-corrected chi connectivity index (χ3v) is 19.5. The molecule has 3 aliphatic carbocycles. The molecule has 1 aromatic rings. The second-order valence-corrected chi connectivity index (χ2v) is 18.0. The maximum Gasteiger partial charge on any atom is -0.0247 e. The summed E-state index contributed by atoms with van der Waals surface area (Å²) in [5, 5.41) is 6.72. The number of nitrogens with zero attached hydrogens (tertiary/aromatic N) is 3. The van der Waals surface area contributed by atoms with Crippen LogP contribution in [0, 0.1) is 0 Å². The summed E-state index contributed by atoms with van der Waals surface area (Å²) in [5.41, 5.74) is 0. The summed E-state index contributed by atoms with van der Waals surface area (Å²) in [6, 6.07) is 0. The van der Waals surface area contributed by atoms with Crippen LogP contribution in [0.25, 0.3) is 0 Å². The predicted octanol–water partition coefficient (Wildman–Crippen LogP) is 5.92. The van der Waals surface area contributed by atoms with Gasteiger partial charge in [-0.2, -0.15) is 0 Å². The molecule has 0 unspecified atom stereocenters. The van der Waals surface area contributed by atoms with Crippen molar-refractivity contribution >= 4 is 19.8 Å². The van der Waals surface area contributed by atoms with Gasteiger partial charge in [0.1, 0.15) is 0 Å². The summed E-state index contributed by atoms with van der Waals surface area (Å²) in [5.74, 6) is 0. The van der Waals surface area contributed by atoms with E-state index in [1.165, 1.54) is 24.5 Å². The zero-order valence-corrected chi connectivity index (χ0v) is 18.2. The summed E-state index contributed by atoms with van der Waals surface area (Å²) >= 11 is -1.15. The summed E-state index contributed by atoms with van der Waals surface area (Å²) in [6.07, 6.45) is 27.0. The smallest absolute Gasteiger partial charge is 0.0247 e. The number of hydrogen-bond acceptors (Lipinski definition) is 2. The molecule has 4 rings (SSSR count). The quantitative estimate of drug-likeness (QED) is 0.553. The van der Waals surface area contributed by atoms with Crippen molar-refractivity contribution in [2.24, 2.45) is 0 Å². The van der Waals surface area contributed by atoms with E-state index in [2.05, 4.69) is 15.2 Å². The van der Waals surface area contributed by atoms with E-state index in [0.29, 0.717) is 0 Å². The minimum atomic E-state index is -1.15. The van der Waals surface area contributed by atoms with Gasteiger partial charge in [0.15, 0.2) is 0 Å². The third-order valence-electron chi connectivity index (χ3n) is 6.53. The van der Waals surface area contributed by atoms with Crippen molar-refractivity contribution in [3.8, 4) is 0 Å². The zero-order valence-electron chi connectivity index (χ0n) is 15.3. The molecule has 1 heterocycles. The second kappa shape index (κ2) is 10.8. The Hall–Kier alpha value is -0.0613. The molecule has 0 amide bonds. The van der Waals surface area contributed by atoms with Gasteiger partial charge >= 0.3 is 128 Å². The number of aromatic nitrogens is 3. The van der Waals surface area contributed by atoms with Gasteiger partial charge in [-0.1, -0.05) is 0 Å². The molecule has 3 aliphatic rings. The van der Waals surface area contributed by atoms with Gasteiger partial charge in [-0.15, -0.1) is 0 Å². The van der Waals surface area contributed by atoms with Gasteiger partial charge in [-0.3, -0.25) is 0 Å². The Labute approximate surface area is 155 Å². The van der Waals surface area contributed by atoms with Crippen LogP contribution in [-0.2, 0) is 0 Å². The summed E-state index contributed by atoms with van der Waals surface area (Å²) in [7, 11) is 0. The van der Waals surface area contributed by atoms with Crippen molar-refractivity contribution in [3.05, 3.63) is 12.7 Å². The van der Waals surface area contributed by atoms with Crippen LogP contribution in [0.4, 0.5) is 0 Å². The van der Waals surface area contributed by atoms with Crippen molar-refractivity contribution in [2.75, 3.05) is 0 Å². The van der Waals surface area contributed by atoms with E-state index in [1.54, 1.807) is 96.3 Å². The van der Waals surface area contributed by atoms with Crippen molar-refractivity contribution in [2.45, 2.75) is 108 Å². The van der Waals surface area contributed by atoms with Crippen LogP contribution in [0.1, 0.15) is 96.3 Å². The fourth-order valence-electron chi connectivity index (χ4n) is 5.46. The third kappa shape index (κ3) is 5.74. The van der Waals surface area contributed by atoms with Gasteiger partial charge < -0.3 is 15.2 Å². The average molecular weight is 436 g/mol. The summed E-state index contributed by atoms with van der Waals surface area (Å²) in [6.45, 7) is 0. The second-order valence-electron chi connectivity index (χ2n) is 8.12. The van der Waals surface area contributed by atoms with Crippen LogP contribution in [0.15, 0.2) is 12.7 Å². The van der Waals surface area contributed by atoms with Gasteiger partial charge in [0, 0.05) is 0 Å². The topological polar surface area (TPSA) is 39.9 Å². The average Bonchev–Trinajstić information content (AvgIpc) is 3.25. The number of rotatable bonds is 3. The molecule has 3 nitrogen and oxygen atoms in total. The van der Waals surface area contributed by atoms with Crippen molar-refractivity contribution in [1.29, 1.82) is 0 Å². The van der Waals surface area contributed by atoms with Crippen molar-refractivity contribution in [1.82, 2.24) is 15.2 Å². The normalized spacial score (nSPS) is 24.2. The van der Waals surface area contributed by atoms with Crippen LogP contribution in [0.3, 0.4) is 0 Å². The van der Waals surface area contributed by atoms with Gasteiger partial charge in [-0.25, -0.2) is 0 Å². The van der Waals surface area contributed by atoms with Gasteiger partial charge in [-0.05, 0) is 12.7 Å². The van der Waals surface area contributed by atoms with E-state index >= 15 is 0 Å². The van der Waals surface area contributed by atoms with E-state index in [1.807, 2.05) is 0 Å². The molecule has 4 heteroatoms. The summed E-state index contributed by atoms with van der Waals surface area (Å²) < 4.78 is 3.96. The van der Waals surface area contributed by atoms with E-state index in [9.17, 15) is 0 Å². The Morgan fingerprint density at radius 2 is 0.875 bits per heavy atom. The molecule has 3 fully saturated rings. The SMILES string of the molecule is C1CC[CH]([Sn+]([CH]2CCCCC2)[CH]2CCCCC2)CC1.c1nnc[n-]1. The van der Waals surface area contributed by atoms with Crippen molar-refractivity contribution in [3.63, 3.8) is 0 Å². The molecule has 0 radical (unpaired) electrons. The van der Waals surface area contributed by atoms with Gasteiger partial charge in [0.2, 0.25) is 0 Å². The monoisotopic (exact) mass is 437 g/mol. The number of hydrogen-bond donors (Lipinski definition) is 0. The first-order valence-corrected chi connectivity index (χ1v) is 15.5. The molecule has 24 heavy (non-hydrogen) atoms. The Balaban J connectivity index is 0.000000290. The Morgan fingerprint density at radius 3 is 1.12 bits per heavy atom. The first-order chi connectivity index (χ1) is 11.9. The molecule has 134 valence electrons. The molecule has 3 saturated carbocycles. The van der Waals surface area contributed by atoms with Crippen LogP contribution in [-0.4, -0.2) is 30.0 Å². The van der Waals surface area contributed by atoms with E-state index in [4.69, 9.17) is 0 Å². The van der Waals surface area contributed by atoms with E-state index < -0.39 is 19.8 Å². The van der Waals surface area contributed by atoms with Crippen LogP contribution in [0.2, 0.25) is 11.8 Å². The minimum Gasteiger partial charge on any atom is -0.374 e. The largest absolute Gasteiger partial charge is 0.374 e. The Bertz CT molecular complexity index is 345. The van der Waals surface area contributed by atoms with Crippen molar-refractivity contribution < 1.29 is 0 Å². The fraction of sp³-hybridized carbons (Fsp3) is 0.900. The van der Waals surface area contributed by atoms with E-state index in [0.717, 1.165) is 0 Å². The predicted molar refractivity (Wildman–Crippen MR) is 102 cm³/mol. The summed E-state index contributed by atoms with van der Waals surface area (Å²) in [4.78, 5) is 3.50. The molecule has 0 spiro atoms. The first kappa shape index (κ1) is 18.7. The fourth-order valence-corrected chi connectivity index (χ4v) is 20.4. The molecule has 0 atom stereocenters. The molecular weight excluding hydrogens is 401 g/mol. The maximum absolute atomic E-state index is 3.50. The standard InChI is InChI=1S/3C6H11.C2H2N3.Sn/c3*1-2-4-6-5-3-1;1-3-2-5-4-1;/h3*1H,2-6H2;1-2H;/q;;;-1;+1. The van der Waals surface area contributed by atoms with Crippen LogP contribution < -0.4 is 4.98 Å². The van der Waals surface area contributed by atoms with E-state index in [-0.39, 0.29) is 0 Å². The first-order valence-electron chi connectivity index (χ1n) is 10.5. The molecule has 0 saturated heterocycles. The molecule has 0 N–H and O–H groups in total. The molecule has 1 aromatic heterocycles. The van der Waals surface area contributed by atoms with Crippen LogP contribution >= 0.6 is 0 Å². The van der Waals surface area contributed by atoms with Gasteiger partial charge in [0.05, 0.1) is 0 Å². The van der Waals surface area contributed by atoms with Crippen LogP contribution in [0.5, 0.6) is 0 Å². The Kier molecular flexibility index (Phi) is 8.44. The molecular formula is C20H35N3Sn. The van der Waals surface area contributed by atoms with Gasteiger partial charge in [0.25, 0.3) is 0 Å². The Morgan fingerprint density at radius 1 is 0.542 bits per heavy atom. The maximum atomic E-state index is 3.50. The molecule has 0 aliphatic heterocycles. The zero-order chi connectivity index (χ0) is 16.5. The molecule has 0 bridgehead atoms. The minimum absolute atomic E-state index is 1.15.